The van der Waals surface area contributed by atoms with Crippen LogP contribution in [-0.4, -0.2) is 27.8 Å². The van der Waals surface area contributed by atoms with Crippen molar-refractivity contribution in [3.63, 3.8) is 0 Å². The zero-order chi connectivity index (χ0) is 13.8. The fraction of sp³-hybridized carbons (Fsp3) is 0.538. The summed E-state index contributed by atoms with van der Waals surface area (Å²) >= 11 is 0. The summed E-state index contributed by atoms with van der Waals surface area (Å²) in [4.78, 5) is 0. The van der Waals surface area contributed by atoms with Crippen LogP contribution < -0.4 is 10.0 Å². The van der Waals surface area contributed by atoms with Crippen LogP contribution in [0.25, 0.3) is 0 Å². The van der Waals surface area contributed by atoms with Crippen molar-refractivity contribution in [2.45, 2.75) is 26.2 Å². The summed E-state index contributed by atoms with van der Waals surface area (Å²) in [5.74, 6) is 0. The molecule has 18 heavy (non-hydrogen) atoms. The standard InChI is InChI=1S/C13H22N2O2S/c1-13(2,3)11-6-5-7-12(10-11)14-8-9-15-18(4,16)17/h5-7,10,14-15H,8-9H2,1-4H3. The Bertz CT molecular complexity index is 490. The number of hydrogen-bond donors (Lipinski definition) is 2. The van der Waals surface area contributed by atoms with Crippen molar-refractivity contribution in [1.29, 1.82) is 0 Å². The van der Waals surface area contributed by atoms with E-state index in [2.05, 4.69) is 42.9 Å². The first-order valence-corrected chi connectivity index (χ1v) is 7.87. The molecule has 0 spiro atoms. The van der Waals surface area contributed by atoms with E-state index in [1.54, 1.807) is 0 Å². The van der Waals surface area contributed by atoms with E-state index in [1.807, 2.05) is 12.1 Å². The summed E-state index contributed by atoms with van der Waals surface area (Å²) in [6.45, 7) is 7.45. The quantitative estimate of drug-likeness (QED) is 0.804. The first-order valence-electron chi connectivity index (χ1n) is 5.97. The van der Waals surface area contributed by atoms with E-state index in [-0.39, 0.29) is 5.41 Å². The summed E-state index contributed by atoms with van der Waals surface area (Å²) in [7, 11) is -3.10. The highest BCUT2D eigenvalue weighted by atomic mass is 32.2. The third-order valence-electron chi connectivity index (χ3n) is 2.55. The molecule has 4 nitrogen and oxygen atoms in total. The predicted octanol–water partition coefficient (Wildman–Crippen LogP) is 1.95. The molecule has 0 saturated heterocycles. The number of sulfonamides is 1. The second-order valence-electron chi connectivity index (χ2n) is 5.42. The number of benzene rings is 1. The molecule has 102 valence electrons. The van der Waals surface area contributed by atoms with Gasteiger partial charge in [0.15, 0.2) is 0 Å². The number of rotatable bonds is 5. The van der Waals surface area contributed by atoms with Crippen molar-refractivity contribution in [2.24, 2.45) is 0 Å². The maximum absolute atomic E-state index is 10.9. The molecule has 0 fully saturated rings. The number of hydrogen-bond acceptors (Lipinski definition) is 3. The fourth-order valence-electron chi connectivity index (χ4n) is 1.54. The Kier molecular flexibility index (Phi) is 4.76. The van der Waals surface area contributed by atoms with Gasteiger partial charge in [0.25, 0.3) is 0 Å². The van der Waals surface area contributed by atoms with Crippen LogP contribution in [0.4, 0.5) is 5.69 Å². The number of anilines is 1. The van der Waals surface area contributed by atoms with Gasteiger partial charge in [0.2, 0.25) is 10.0 Å². The second-order valence-corrected chi connectivity index (χ2v) is 7.26. The van der Waals surface area contributed by atoms with Gasteiger partial charge < -0.3 is 5.32 Å². The highest BCUT2D eigenvalue weighted by Crippen LogP contribution is 2.24. The normalized spacial score (nSPS) is 12.4. The molecule has 0 bridgehead atoms. The van der Waals surface area contributed by atoms with E-state index in [0.29, 0.717) is 13.1 Å². The zero-order valence-electron chi connectivity index (χ0n) is 11.4. The third-order valence-corrected chi connectivity index (χ3v) is 3.28. The minimum Gasteiger partial charge on any atom is -0.384 e. The zero-order valence-corrected chi connectivity index (χ0v) is 12.3. The molecule has 0 aromatic heterocycles. The average Bonchev–Trinajstić information content (AvgIpc) is 2.22. The predicted molar refractivity (Wildman–Crippen MR) is 76.5 cm³/mol. The lowest BCUT2D eigenvalue weighted by Crippen LogP contribution is -2.27. The Hall–Kier alpha value is -1.07. The summed E-state index contributed by atoms with van der Waals surface area (Å²) in [6, 6.07) is 8.18. The van der Waals surface area contributed by atoms with Crippen LogP contribution in [0.2, 0.25) is 0 Å². The van der Waals surface area contributed by atoms with E-state index in [1.165, 1.54) is 5.56 Å². The smallest absolute Gasteiger partial charge is 0.208 e. The molecule has 2 N–H and O–H groups in total. The van der Waals surface area contributed by atoms with Crippen LogP contribution >= 0.6 is 0 Å². The van der Waals surface area contributed by atoms with Crippen LogP contribution in [0.1, 0.15) is 26.3 Å². The minimum atomic E-state index is -3.10. The van der Waals surface area contributed by atoms with Gasteiger partial charge in [-0.15, -0.1) is 0 Å². The topological polar surface area (TPSA) is 58.2 Å². The van der Waals surface area contributed by atoms with E-state index >= 15 is 0 Å². The molecular weight excluding hydrogens is 248 g/mol. The lowest BCUT2D eigenvalue weighted by atomic mass is 9.87. The van der Waals surface area contributed by atoms with Gasteiger partial charge in [0.05, 0.1) is 6.26 Å². The molecular formula is C13H22N2O2S. The Labute approximate surface area is 110 Å². The summed E-state index contributed by atoms with van der Waals surface area (Å²) in [6.07, 6.45) is 1.16. The molecule has 0 unspecified atom stereocenters. The summed E-state index contributed by atoms with van der Waals surface area (Å²) < 4.78 is 24.2. The first-order chi connectivity index (χ1) is 8.18. The van der Waals surface area contributed by atoms with E-state index in [0.717, 1.165) is 11.9 Å². The van der Waals surface area contributed by atoms with Gasteiger partial charge in [0.1, 0.15) is 0 Å². The maximum Gasteiger partial charge on any atom is 0.208 e. The van der Waals surface area contributed by atoms with E-state index in [9.17, 15) is 8.42 Å². The SMILES string of the molecule is CC(C)(C)c1cccc(NCCNS(C)(=O)=O)c1. The summed E-state index contributed by atoms with van der Waals surface area (Å²) in [5.41, 5.74) is 2.38. The molecule has 1 rings (SSSR count). The van der Waals surface area contributed by atoms with Gasteiger partial charge in [-0.1, -0.05) is 32.9 Å². The van der Waals surface area contributed by atoms with Crippen molar-refractivity contribution >= 4 is 15.7 Å². The van der Waals surface area contributed by atoms with Gasteiger partial charge in [-0.05, 0) is 23.1 Å². The fourth-order valence-corrected chi connectivity index (χ4v) is 2.01. The molecule has 5 heteroatoms. The van der Waals surface area contributed by atoms with Gasteiger partial charge in [-0.3, -0.25) is 0 Å². The van der Waals surface area contributed by atoms with Crippen LogP contribution in [0, 0.1) is 0 Å². The van der Waals surface area contributed by atoms with E-state index < -0.39 is 10.0 Å². The Morgan fingerprint density at radius 3 is 2.39 bits per heavy atom. The molecule has 0 saturated carbocycles. The first kappa shape index (κ1) is 15.0. The lowest BCUT2D eigenvalue weighted by Gasteiger charge is -2.20. The Balaban J connectivity index is 2.53. The van der Waals surface area contributed by atoms with Crippen LogP contribution in [0.15, 0.2) is 24.3 Å². The van der Waals surface area contributed by atoms with Crippen molar-refractivity contribution in [3.05, 3.63) is 29.8 Å². The van der Waals surface area contributed by atoms with Crippen LogP contribution in [0.3, 0.4) is 0 Å². The molecule has 0 amide bonds. The monoisotopic (exact) mass is 270 g/mol. The van der Waals surface area contributed by atoms with Crippen molar-refractivity contribution in [3.8, 4) is 0 Å². The van der Waals surface area contributed by atoms with Crippen molar-refractivity contribution in [2.75, 3.05) is 24.7 Å². The largest absolute Gasteiger partial charge is 0.384 e. The third kappa shape index (κ3) is 5.51. The molecule has 0 radical (unpaired) electrons. The average molecular weight is 270 g/mol. The molecule has 1 aromatic rings. The van der Waals surface area contributed by atoms with Gasteiger partial charge in [-0.2, -0.15) is 0 Å². The van der Waals surface area contributed by atoms with Crippen molar-refractivity contribution in [1.82, 2.24) is 4.72 Å². The van der Waals surface area contributed by atoms with Gasteiger partial charge in [0, 0.05) is 18.8 Å². The van der Waals surface area contributed by atoms with Gasteiger partial charge in [-0.25, -0.2) is 13.1 Å². The lowest BCUT2D eigenvalue weighted by molar-refractivity contribution is 0.589. The second kappa shape index (κ2) is 5.71. The molecule has 0 heterocycles. The van der Waals surface area contributed by atoms with Crippen LogP contribution in [-0.2, 0) is 15.4 Å². The molecule has 1 aromatic carbocycles. The maximum atomic E-state index is 10.9. The highest BCUT2D eigenvalue weighted by Gasteiger charge is 2.13. The molecule has 0 aliphatic rings. The van der Waals surface area contributed by atoms with E-state index in [4.69, 9.17) is 0 Å². The Morgan fingerprint density at radius 1 is 1.17 bits per heavy atom. The van der Waals surface area contributed by atoms with Crippen LogP contribution in [0.5, 0.6) is 0 Å². The van der Waals surface area contributed by atoms with Gasteiger partial charge >= 0.3 is 0 Å². The highest BCUT2D eigenvalue weighted by molar-refractivity contribution is 7.88. The van der Waals surface area contributed by atoms with Crippen molar-refractivity contribution < 1.29 is 8.42 Å². The number of nitrogens with one attached hydrogen (secondary N) is 2. The molecule has 0 aliphatic carbocycles. The Morgan fingerprint density at radius 2 is 1.83 bits per heavy atom. The molecule has 0 aliphatic heterocycles. The summed E-state index contributed by atoms with van der Waals surface area (Å²) in [5, 5.41) is 3.20. The molecule has 0 atom stereocenters. The minimum absolute atomic E-state index is 0.114.